The lowest BCUT2D eigenvalue weighted by Crippen LogP contribution is -2.36. The molecule has 1 amide bonds. The number of rotatable bonds is 6. The van der Waals surface area contributed by atoms with E-state index >= 15 is 0 Å². The first-order valence-corrected chi connectivity index (χ1v) is 9.69. The van der Waals surface area contributed by atoms with Crippen molar-refractivity contribution < 1.29 is 18.7 Å². The number of ether oxygens (including phenoxy) is 2. The summed E-state index contributed by atoms with van der Waals surface area (Å²) >= 11 is 0. The summed E-state index contributed by atoms with van der Waals surface area (Å²) in [7, 11) is 3.28. The van der Waals surface area contributed by atoms with E-state index in [1.165, 1.54) is 12.0 Å². The average Bonchev–Trinajstić information content (AvgIpc) is 3.24. The average molecular weight is 369 g/mol. The fourth-order valence-corrected chi connectivity index (χ4v) is 3.93. The summed E-state index contributed by atoms with van der Waals surface area (Å²) in [4.78, 5) is 14.6. The van der Waals surface area contributed by atoms with Gasteiger partial charge in [0, 0.05) is 31.8 Å². The third-order valence-corrected chi connectivity index (χ3v) is 5.81. The largest absolute Gasteiger partial charge is 0.493 e. The first kappa shape index (κ1) is 18.0. The van der Waals surface area contributed by atoms with Crippen molar-refractivity contribution >= 4 is 5.91 Å². The van der Waals surface area contributed by atoms with Gasteiger partial charge in [-0.2, -0.15) is 0 Å². The number of fused-ring (bicyclic) bond motifs is 1. The van der Waals surface area contributed by atoms with Crippen molar-refractivity contribution in [2.75, 3.05) is 20.8 Å². The first-order chi connectivity index (χ1) is 13.1. The Balaban J connectivity index is 1.37. The molecule has 4 rings (SSSR count). The molecule has 1 aromatic heterocycles. The molecule has 1 fully saturated rings. The monoisotopic (exact) mass is 369 g/mol. The van der Waals surface area contributed by atoms with E-state index in [4.69, 9.17) is 13.9 Å². The molecule has 5 heteroatoms. The highest BCUT2D eigenvalue weighted by Crippen LogP contribution is 2.47. The van der Waals surface area contributed by atoms with E-state index in [1.54, 1.807) is 14.2 Å². The molecule has 2 heterocycles. The third kappa shape index (κ3) is 3.68. The zero-order valence-corrected chi connectivity index (χ0v) is 16.3. The number of aryl methyl sites for hydroxylation is 1. The Morgan fingerprint density at radius 2 is 1.89 bits per heavy atom. The van der Waals surface area contributed by atoms with E-state index in [9.17, 15) is 4.79 Å². The number of hydrogen-bond acceptors (Lipinski definition) is 4. The van der Waals surface area contributed by atoms with Crippen LogP contribution in [0.15, 0.2) is 28.7 Å². The number of furan rings is 1. The van der Waals surface area contributed by atoms with E-state index in [2.05, 4.69) is 13.0 Å². The highest BCUT2D eigenvalue weighted by Gasteiger charge is 2.36. The lowest BCUT2D eigenvalue weighted by atomic mass is 9.98. The van der Waals surface area contributed by atoms with E-state index in [0.717, 1.165) is 41.7 Å². The van der Waals surface area contributed by atoms with Crippen molar-refractivity contribution in [3.63, 3.8) is 0 Å². The van der Waals surface area contributed by atoms with E-state index < -0.39 is 0 Å². The van der Waals surface area contributed by atoms with Crippen LogP contribution in [0.2, 0.25) is 0 Å². The van der Waals surface area contributed by atoms with Crippen molar-refractivity contribution in [1.29, 1.82) is 0 Å². The normalized spacial score (nSPS) is 20.9. The zero-order chi connectivity index (χ0) is 19.0. The molecule has 2 unspecified atom stereocenters. The summed E-state index contributed by atoms with van der Waals surface area (Å²) in [6.45, 7) is 3.61. The molecule has 1 aliphatic carbocycles. The van der Waals surface area contributed by atoms with Gasteiger partial charge in [-0.1, -0.05) is 6.92 Å². The molecule has 1 aromatic carbocycles. The van der Waals surface area contributed by atoms with Crippen molar-refractivity contribution in [3.8, 4) is 11.5 Å². The molecule has 1 aliphatic heterocycles. The molecule has 0 saturated heterocycles. The SMILES string of the molecule is COc1cc2c(cc1OC)CN(C(=O)CCc1ccc(C3CC3C)o1)CC2. The second kappa shape index (κ2) is 7.29. The van der Waals surface area contributed by atoms with Gasteiger partial charge in [-0.05, 0) is 54.2 Å². The number of nitrogens with zero attached hydrogens (tertiary/aromatic N) is 1. The predicted octanol–water partition coefficient (Wildman–Crippen LogP) is 3.94. The zero-order valence-electron chi connectivity index (χ0n) is 16.3. The maximum atomic E-state index is 12.7. The minimum atomic E-state index is 0.174. The summed E-state index contributed by atoms with van der Waals surface area (Å²) in [5.41, 5.74) is 2.36. The molecule has 0 spiro atoms. The summed E-state index contributed by atoms with van der Waals surface area (Å²) < 4.78 is 16.7. The molecule has 144 valence electrons. The molecule has 27 heavy (non-hydrogen) atoms. The van der Waals surface area contributed by atoms with E-state index in [1.807, 2.05) is 23.1 Å². The van der Waals surface area contributed by atoms with Crippen LogP contribution in [0.25, 0.3) is 0 Å². The summed E-state index contributed by atoms with van der Waals surface area (Å²) in [6, 6.07) is 8.11. The van der Waals surface area contributed by atoms with Crippen molar-refractivity contribution in [1.82, 2.24) is 4.90 Å². The smallest absolute Gasteiger partial charge is 0.223 e. The molecule has 0 bridgehead atoms. The number of benzene rings is 1. The molecule has 2 atom stereocenters. The van der Waals surface area contributed by atoms with Crippen molar-refractivity contribution in [3.05, 3.63) is 46.9 Å². The number of methoxy groups -OCH3 is 2. The molecule has 0 N–H and O–H groups in total. The Hall–Kier alpha value is -2.43. The van der Waals surface area contributed by atoms with Crippen LogP contribution in [0.1, 0.15) is 48.3 Å². The Bertz CT molecular complexity index is 841. The maximum Gasteiger partial charge on any atom is 0.223 e. The highest BCUT2D eigenvalue weighted by atomic mass is 16.5. The highest BCUT2D eigenvalue weighted by molar-refractivity contribution is 5.76. The standard InChI is InChI=1S/C22H27NO4/c1-14-10-18(14)19-6-4-17(27-19)5-7-22(24)23-9-8-15-11-20(25-2)21(26-3)12-16(15)13-23/h4,6,11-12,14,18H,5,7-10,13H2,1-3H3. The van der Waals surface area contributed by atoms with Gasteiger partial charge in [0.2, 0.25) is 5.91 Å². The van der Waals surface area contributed by atoms with Crippen LogP contribution < -0.4 is 9.47 Å². The van der Waals surface area contributed by atoms with Gasteiger partial charge in [0.1, 0.15) is 11.5 Å². The van der Waals surface area contributed by atoms with Gasteiger partial charge in [-0.25, -0.2) is 0 Å². The van der Waals surface area contributed by atoms with Gasteiger partial charge < -0.3 is 18.8 Å². The number of hydrogen-bond donors (Lipinski definition) is 0. The van der Waals surface area contributed by atoms with Crippen LogP contribution in [0.4, 0.5) is 0 Å². The van der Waals surface area contributed by atoms with Gasteiger partial charge >= 0.3 is 0 Å². The fourth-order valence-electron chi connectivity index (χ4n) is 3.93. The number of amides is 1. The summed E-state index contributed by atoms with van der Waals surface area (Å²) in [6.07, 6.45) is 3.20. The maximum absolute atomic E-state index is 12.7. The van der Waals surface area contributed by atoms with Crippen LogP contribution in [0.3, 0.4) is 0 Å². The van der Waals surface area contributed by atoms with Gasteiger partial charge in [0.05, 0.1) is 14.2 Å². The van der Waals surface area contributed by atoms with Crippen molar-refractivity contribution in [2.24, 2.45) is 5.92 Å². The topological polar surface area (TPSA) is 51.9 Å². The van der Waals surface area contributed by atoms with Crippen LogP contribution >= 0.6 is 0 Å². The first-order valence-electron chi connectivity index (χ1n) is 9.69. The summed E-state index contributed by atoms with van der Waals surface area (Å²) in [5, 5.41) is 0. The van der Waals surface area contributed by atoms with Crippen molar-refractivity contribution in [2.45, 2.75) is 45.1 Å². The second-order valence-corrected chi connectivity index (χ2v) is 7.66. The third-order valence-electron chi connectivity index (χ3n) is 5.81. The molecule has 2 aliphatic rings. The Morgan fingerprint density at radius 1 is 1.19 bits per heavy atom. The van der Waals surface area contributed by atoms with Gasteiger partial charge in [-0.15, -0.1) is 0 Å². The Labute approximate surface area is 160 Å². The molecule has 0 radical (unpaired) electrons. The Morgan fingerprint density at radius 3 is 2.56 bits per heavy atom. The minimum Gasteiger partial charge on any atom is -0.493 e. The molecular weight excluding hydrogens is 342 g/mol. The minimum absolute atomic E-state index is 0.174. The van der Waals surface area contributed by atoms with Gasteiger partial charge in [0.25, 0.3) is 0 Å². The van der Waals surface area contributed by atoms with E-state index in [-0.39, 0.29) is 5.91 Å². The van der Waals surface area contributed by atoms with Crippen LogP contribution in [-0.2, 0) is 24.2 Å². The van der Waals surface area contributed by atoms with Gasteiger partial charge in [-0.3, -0.25) is 4.79 Å². The number of carbonyl (C=O) groups excluding carboxylic acids is 1. The Kier molecular flexibility index (Phi) is 4.85. The second-order valence-electron chi connectivity index (χ2n) is 7.66. The fraction of sp³-hybridized carbons (Fsp3) is 0.500. The predicted molar refractivity (Wildman–Crippen MR) is 102 cm³/mol. The molecule has 5 nitrogen and oxygen atoms in total. The lowest BCUT2D eigenvalue weighted by molar-refractivity contribution is -0.132. The van der Waals surface area contributed by atoms with Crippen LogP contribution in [0, 0.1) is 5.92 Å². The number of carbonyl (C=O) groups is 1. The molecule has 2 aromatic rings. The lowest BCUT2D eigenvalue weighted by Gasteiger charge is -2.29. The van der Waals surface area contributed by atoms with Crippen LogP contribution in [0.5, 0.6) is 11.5 Å². The van der Waals surface area contributed by atoms with E-state index in [0.29, 0.717) is 31.1 Å². The summed E-state index contributed by atoms with van der Waals surface area (Å²) in [5.74, 6) is 4.94. The van der Waals surface area contributed by atoms with Gasteiger partial charge in [0.15, 0.2) is 11.5 Å². The molecule has 1 saturated carbocycles. The molecular formula is C22H27NO4. The van der Waals surface area contributed by atoms with Crippen LogP contribution in [-0.4, -0.2) is 31.6 Å². The quantitative estimate of drug-likeness (QED) is 0.774.